The summed E-state index contributed by atoms with van der Waals surface area (Å²) in [6, 6.07) is 0. The van der Waals surface area contributed by atoms with Gasteiger partial charge in [0.05, 0.1) is 13.2 Å². The molecule has 0 rings (SSSR count). The molecule has 0 bridgehead atoms. The van der Waals surface area contributed by atoms with E-state index in [2.05, 4.69) is 11.7 Å². The Morgan fingerprint density at radius 1 is 0.852 bits per heavy atom. The first-order valence-electron chi connectivity index (χ1n) is 10.1. The van der Waals surface area contributed by atoms with Gasteiger partial charge in [0.15, 0.2) is 0 Å². The van der Waals surface area contributed by atoms with Crippen LogP contribution in [0.2, 0.25) is 0 Å². The number of esters is 1. The summed E-state index contributed by atoms with van der Waals surface area (Å²) in [7, 11) is -3.00. The summed E-state index contributed by atoms with van der Waals surface area (Å²) in [6.45, 7) is 2.19. The Morgan fingerprint density at radius 3 is 1.74 bits per heavy atom. The molecule has 0 amide bonds. The first-order chi connectivity index (χ1) is 12.4. The van der Waals surface area contributed by atoms with Crippen molar-refractivity contribution >= 4 is 45.9 Å². The van der Waals surface area contributed by atoms with Gasteiger partial charge in [0.25, 0.3) is 0 Å². The molecule has 0 aromatic carbocycles. The Kier molecular flexibility index (Phi) is 21.5. The van der Waals surface area contributed by atoms with E-state index in [4.69, 9.17) is 8.74 Å². The Balaban J connectivity index is 0. The zero-order valence-corrected chi connectivity index (χ0v) is 20.4. The second kappa shape index (κ2) is 19.6. The largest absolute Gasteiger partial charge is 0.469 e. The maximum absolute atomic E-state index is 11.0. The van der Waals surface area contributed by atoms with Crippen LogP contribution in [0.25, 0.3) is 0 Å². The summed E-state index contributed by atoms with van der Waals surface area (Å²) in [5.74, 6) is -0.179. The van der Waals surface area contributed by atoms with Gasteiger partial charge in [0.2, 0.25) is 0 Å². The van der Waals surface area contributed by atoms with E-state index in [0.29, 0.717) is 19.3 Å². The first-order valence-corrected chi connectivity index (χ1v) is 11.5. The molecule has 0 heterocycles. The molecule has 0 aliphatic rings. The van der Waals surface area contributed by atoms with Gasteiger partial charge in [0, 0.05) is 36.0 Å². The molecule has 0 saturated heterocycles. The average molecular weight is 418 g/mol. The predicted octanol–water partition coefficient (Wildman–Crippen LogP) is 4.84. The SMILES string of the molecule is CCCCCCCCCC(CCCCCCCC(=O)OC)OS(=O)(=O)O.[Na]. The van der Waals surface area contributed by atoms with E-state index in [0.717, 1.165) is 44.9 Å². The van der Waals surface area contributed by atoms with Crippen LogP contribution in [-0.4, -0.2) is 61.7 Å². The zero-order chi connectivity index (χ0) is 19.7. The van der Waals surface area contributed by atoms with Crippen molar-refractivity contribution in [1.29, 1.82) is 0 Å². The van der Waals surface area contributed by atoms with Crippen molar-refractivity contribution < 1.29 is 26.7 Å². The number of hydrogen-bond acceptors (Lipinski definition) is 5. The molecule has 0 aliphatic carbocycles. The van der Waals surface area contributed by atoms with E-state index in [1.165, 1.54) is 39.2 Å². The van der Waals surface area contributed by atoms with Crippen molar-refractivity contribution in [3.05, 3.63) is 0 Å². The predicted molar refractivity (Wildman–Crippen MR) is 109 cm³/mol. The maximum atomic E-state index is 11.0. The Labute approximate surface area is 188 Å². The normalized spacial score (nSPS) is 12.4. The van der Waals surface area contributed by atoms with Gasteiger partial charge in [-0.25, -0.2) is 4.18 Å². The van der Waals surface area contributed by atoms with E-state index in [-0.39, 0.29) is 35.5 Å². The molecule has 27 heavy (non-hydrogen) atoms. The third-order valence-electron chi connectivity index (χ3n) is 4.52. The minimum absolute atomic E-state index is 0. The van der Waals surface area contributed by atoms with Crippen molar-refractivity contribution in [3.63, 3.8) is 0 Å². The summed E-state index contributed by atoms with van der Waals surface area (Å²) in [6.07, 6.45) is 14.0. The van der Waals surface area contributed by atoms with Crippen LogP contribution < -0.4 is 0 Å². The fourth-order valence-corrected chi connectivity index (χ4v) is 3.55. The van der Waals surface area contributed by atoms with E-state index in [1.54, 1.807) is 0 Å². The van der Waals surface area contributed by atoms with Crippen LogP contribution in [0.5, 0.6) is 0 Å². The molecule has 0 saturated carbocycles. The summed E-state index contributed by atoms with van der Waals surface area (Å²) in [5, 5.41) is 0. The third-order valence-corrected chi connectivity index (χ3v) is 5.04. The van der Waals surface area contributed by atoms with Crippen molar-refractivity contribution in [3.8, 4) is 0 Å². The van der Waals surface area contributed by atoms with E-state index in [1.807, 2.05) is 0 Å². The zero-order valence-electron chi connectivity index (χ0n) is 17.6. The Morgan fingerprint density at radius 2 is 1.30 bits per heavy atom. The standard InChI is InChI=1S/C19H38O6S.Na/c1-3-4-5-6-7-9-12-15-18(25-26(21,22)23)16-13-10-8-11-14-17-19(20)24-2;/h18H,3-17H2,1-2H3,(H,21,22,23);. The van der Waals surface area contributed by atoms with E-state index in [9.17, 15) is 13.2 Å². The van der Waals surface area contributed by atoms with Crippen LogP contribution in [0.1, 0.15) is 103 Å². The molecular weight excluding hydrogens is 379 g/mol. The summed E-state index contributed by atoms with van der Waals surface area (Å²) in [4.78, 5) is 11.0. The number of unbranched alkanes of at least 4 members (excludes halogenated alkanes) is 10. The molecule has 0 fully saturated rings. The molecule has 0 spiro atoms. The number of methoxy groups -OCH3 is 1. The fourth-order valence-electron chi connectivity index (χ4n) is 3.02. The molecule has 0 aromatic rings. The summed E-state index contributed by atoms with van der Waals surface area (Å²) in [5.41, 5.74) is 0. The molecule has 6 nitrogen and oxygen atoms in total. The number of rotatable bonds is 18. The maximum Gasteiger partial charge on any atom is 0.397 e. The summed E-state index contributed by atoms with van der Waals surface area (Å²) < 4.78 is 40.4. The smallest absolute Gasteiger partial charge is 0.397 e. The van der Waals surface area contributed by atoms with Gasteiger partial charge in [0.1, 0.15) is 0 Å². The number of carbonyl (C=O) groups is 1. The van der Waals surface area contributed by atoms with E-state index < -0.39 is 16.5 Å². The van der Waals surface area contributed by atoms with Crippen molar-refractivity contribution in [1.82, 2.24) is 0 Å². The van der Waals surface area contributed by atoms with Gasteiger partial charge >= 0.3 is 16.4 Å². The van der Waals surface area contributed by atoms with E-state index >= 15 is 0 Å². The van der Waals surface area contributed by atoms with Crippen molar-refractivity contribution in [2.24, 2.45) is 0 Å². The van der Waals surface area contributed by atoms with Crippen molar-refractivity contribution in [2.75, 3.05) is 7.11 Å². The Hall–Kier alpha value is 0.340. The number of ether oxygens (including phenoxy) is 1. The first kappa shape index (κ1) is 29.5. The minimum Gasteiger partial charge on any atom is -0.469 e. The number of carbonyl (C=O) groups excluding carboxylic acids is 1. The number of hydrogen-bond donors (Lipinski definition) is 1. The molecule has 0 aromatic heterocycles. The van der Waals surface area contributed by atoms with Gasteiger partial charge in [-0.05, 0) is 19.3 Å². The van der Waals surface area contributed by atoms with Gasteiger partial charge in [-0.1, -0.05) is 77.6 Å². The average Bonchev–Trinajstić information content (AvgIpc) is 2.58. The second-order valence-corrected chi connectivity index (χ2v) is 7.99. The molecule has 1 radical (unpaired) electrons. The second-order valence-electron chi connectivity index (χ2n) is 6.94. The summed E-state index contributed by atoms with van der Waals surface area (Å²) >= 11 is 0. The van der Waals surface area contributed by atoms with Crippen LogP contribution in [0, 0.1) is 0 Å². The molecule has 1 atom stereocenters. The van der Waals surface area contributed by atoms with Gasteiger partial charge in [-0.2, -0.15) is 8.42 Å². The quantitative estimate of drug-likeness (QED) is 0.149. The molecule has 1 unspecified atom stereocenters. The van der Waals surface area contributed by atoms with Crippen LogP contribution in [0.4, 0.5) is 0 Å². The monoisotopic (exact) mass is 417 g/mol. The fraction of sp³-hybridized carbons (Fsp3) is 0.947. The van der Waals surface area contributed by atoms with Crippen LogP contribution in [-0.2, 0) is 24.1 Å². The van der Waals surface area contributed by atoms with Gasteiger partial charge in [-0.15, -0.1) is 0 Å². The molecule has 0 aliphatic heterocycles. The molecule has 1 N–H and O–H groups in total. The minimum atomic E-state index is -4.39. The topological polar surface area (TPSA) is 89.9 Å². The third kappa shape index (κ3) is 22.5. The molecule has 8 heteroatoms. The van der Waals surface area contributed by atoms with Crippen LogP contribution >= 0.6 is 0 Å². The van der Waals surface area contributed by atoms with Crippen LogP contribution in [0.15, 0.2) is 0 Å². The van der Waals surface area contributed by atoms with Crippen LogP contribution in [0.3, 0.4) is 0 Å². The van der Waals surface area contributed by atoms with Gasteiger partial charge in [-0.3, -0.25) is 9.35 Å². The molecular formula is C19H38NaO6S. The van der Waals surface area contributed by atoms with Gasteiger partial charge < -0.3 is 4.74 Å². The Bertz CT molecular complexity index is 441. The molecule has 157 valence electrons. The van der Waals surface area contributed by atoms with Crippen molar-refractivity contribution in [2.45, 2.75) is 109 Å².